The van der Waals surface area contributed by atoms with Crippen molar-refractivity contribution in [1.82, 2.24) is 0 Å². The van der Waals surface area contributed by atoms with Crippen LogP contribution in [-0.4, -0.2) is 13.2 Å². The van der Waals surface area contributed by atoms with Crippen molar-refractivity contribution in [2.75, 3.05) is 13.2 Å². The molecule has 1 aromatic rings. The normalized spacial score (nSPS) is 15.4. The van der Waals surface area contributed by atoms with Crippen LogP contribution >= 0.6 is 0 Å². The van der Waals surface area contributed by atoms with Crippen molar-refractivity contribution in [3.8, 4) is 0 Å². The van der Waals surface area contributed by atoms with Crippen LogP contribution in [0.5, 0.6) is 0 Å². The zero-order chi connectivity index (χ0) is 11.1. The highest BCUT2D eigenvalue weighted by atomic mass is 17.2. The zero-order valence-corrected chi connectivity index (χ0v) is 9.88. The summed E-state index contributed by atoms with van der Waals surface area (Å²) in [4.78, 5) is 9.14. The van der Waals surface area contributed by atoms with Crippen molar-refractivity contribution in [1.29, 1.82) is 0 Å². The topological polar surface area (TPSA) is 18.5 Å². The van der Waals surface area contributed by atoms with Gasteiger partial charge < -0.3 is 0 Å². The predicted molar refractivity (Wildman–Crippen MR) is 61.8 cm³/mol. The van der Waals surface area contributed by atoms with Gasteiger partial charge in [0.05, 0.1) is 13.2 Å². The molecule has 0 saturated carbocycles. The van der Waals surface area contributed by atoms with Gasteiger partial charge in [-0.1, -0.05) is 34.9 Å². The Hall–Kier alpha value is -0.860. The maximum Gasteiger partial charge on any atom is 0.0823 e. The average molecular weight is 208 g/mol. The molecule has 1 saturated heterocycles. The summed E-state index contributed by atoms with van der Waals surface area (Å²) in [7, 11) is 0. The van der Waals surface area contributed by atoms with Crippen molar-refractivity contribution in [3.05, 3.63) is 34.9 Å². The summed E-state index contributed by atoms with van der Waals surface area (Å²) in [5.74, 6) is 0. The lowest BCUT2D eigenvalue weighted by molar-refractivity contribution is -0.312. The van der Waals surface area contributed by atoms with Gasteiger partial charge >= 0.3 is 0 Å². The van der Waals surface area contributed by atoms with Crippen LogP contribution in [0.3, 0.4) is 0 Å². The maximum atomic E-state index is 4.57. The minimum atomic E-state index is 0.778. The maximum absolute atomic E-state index is 4.57. The van der Waals surface area contributed by atoms with Gasteiger partial charge in [-0.25, -0.2) is 9.78 Å². The van der Waals surface area contributed by atoms with Gasteiger partial charge in [0.25, 0.3) is 0 Å². The molecule has 0 unspecified atom stereocenters. The highest BCUT2D eigenvalue weighted by Crippen LogP contribution is 2.06. The first-order valence-electron chi connectivity index (χ1n) is 5.48. The molecule has 0 atom stereocenters. The van der Waals surface area contributed by atoms with Crippen LogP contribution < -0.4 is 0 Å². The van der Waals surface area contributed by atoms with E-state index in [1.165, 1.54) is 16.7 Å². The third kappa shape index (κ3) is 5.55. The Balaban J connectivity index is 0.000000162. The number of aryl methyl sites for hydroxylation is 3. The van der Waals surface area contributed by atoms with Crippen LogP contribution in [-0.2, 0) is 9.78 Å². The molecule has 0 N–H and O–H groups in total. The first kappa shape index (κ1) is 12.2. The SMILES string of the molecule is C1CCOOC1.Cc1cc(C)cc(C)c1. The standard InChI is InChI=1S/C9H12.C4H8O2/c1-7-4-8(2)6-9(3)5-7;1-2-4-6-5-3-1/h4-6H,1-3H3;1-4H2. The molecule has 1 heterocycles. The fourth-order valence-corrected chi connectivity index (χ4v) is 1.64. The fraction of sp³-hybridized carbons (Fsp3) is 0.538. The lowest BCUT2D eigenvalue weighted by atomic mass is 10.1. The molecule has 1 fully saturated rings. The van der Waals surface area contributed by atoms with E-state index in [2.05, 4.69) is 48.7 Å². The van der Waals surface area contributed by atoms with Crippen molar-refractivity contribution >= 4 is 0 Å². The molecule has 2 nitrogen and oxygen atoms in total. The van der Waals surface area contributed by atoms with Gasteiger partial charge in [0, 0.05) is 0 Å². The lowest BCUT2D eigenvalue weighted by Gasteiger charge is -2.07. The van der Waals surface area contributed by atoms with Crippen LogP contribution in [0.2, 0.25) is 0 Å². The number of benzene rings is 1. The van der Waals surface area contributed by atoms with Crippen molar-refractivity contribution in [2.24, 2.45) is 0 Å². The van der Waals surface area contributed by atoms with E-state index in [9.17, 15) is 0 Å². The second-order valence-corrected chi connectivity index (χ2v) is 4.02. The molecule has 2 rings (SSSR count). The summed E-state index contributed by atoms with van der Waals surface area (Å²) < 4.78 is 0. The molecule has 2 heteroatoms. The number of rotatable bonds is 0. The second kappa shape index (κ2) is 6.59. The van der Waals surface area contributed by atoms with E-state index in [4.69, 9.17) is 0 Å². The number of hydrogen-bond acceptors (Lipinski definition) is 2. The molecule has 0 bridgehead atoms. The zero-order valence-electron chi connectivity index (χ0n) is 9.88. The van der Waals surface area contributed by atoms with Gasteiger partial charge in [0.2, 0.25) is 0 Å². The van der Waals surface area contributed by atoms with E-state index >= 15 is 0 Å². The van der Waals surface area contributed by atoms with E-state index < -0.39 is 0 Å². The van der Waals surface area contributed by atoms with Crippen LogP contribution in [0, 0.1) is 20.8 Å². The highest BCUT2D eigenvalue weighted by Gasteiger charge is 1.95. The average Bonchev–Trinajstić information content (AvgIpc) is 2.19. The summed E-state index contributed by atoms with van der Waals surface area (Å²) in [6, 6.07) is 6.56. The van der Waals surface area contributed by atoms with Gasteiger partial charge in [-0.3, -0.25) is 0 Å². The first-order valence-corrected chi connectivity index (χ1v) is 5.48. The minimum absolute atomic E-state index is 0.778. The largest absolute Gasteiger partial charge is 0.237 e. The van der Waals surface area contributed by atoms with Crippen LogP contribution in [0.4, 0.5) is 0 Å². The fourth-order valence-electron chi connectivity index (χ4n) is 1.64. The summed E-state index contributed by atoms with van der Waals surface area (Å²) >= 11 is 0. The van der Waals surface area contributed by atoms with Crippen molar-refractivity contribution < 1.29 is 9.78 Å². The third-order valence-corrected chi connectivity index (χ3v) is 2.15. The van der Waals surface area contributed by atoms with E-state index in [1.54, 1.807) is 0 Å². The smallest absolute Gasteiger partial charge is 0.0823 e. The van der Waals surface area contributed by atoms with Gasteiger partial charge in [0.1, 0.15) is 0 Å². The van der Waals surface area contributed by atoms with E-state index in [0.29, 0.717) is 0 Å². The first-order chi connectivity index (χ1) is 7.18. The molecule has 0 spiro atoms. The molecule has 15 heavy (non-hydrogen) atoms. The van der Waals surface area contributed by atoms with Crippen molar-refractivity contribution in [3.63, 3.8) is 0 Å². The molecule has 1 aliphatic rings. The Morgan fingerprint density at radius 3 is 1.27 bits per heavy atom. The highest BCUT2D eigenvalue weighted by molar-refractivity contribution is 5.27. The summed E-state index contributed by atoms with van der Waals surface area (Å²) in [5.41, 5.74) is 4.06. The van der Waals surface area contributed by atoms with Crippen LogP contribution in [0.15, 0.2) is 18.2 Å². The lowest BCUT2D eigenvalue weighted by Crippen LogP contribution is -2.05. The molecule has 1 aromatic carbocycles. The van der Waals surface area contributed by atoms with Gasteiger partial charge in [-0.15, -0.1) is 0 Å². The Morgan fingerprint density at radius 2 is 1.07 bits per heavy atom. The molecule has 0 radical (unpaired) electrons. The molecule has 84 valence electrons. The quantitative estimate of drug-likeness (QED) is 0.609. The van der Waals surface area contributed by atoms with E-state index in [1.807, 2.05) is 0 Å². The summed E-state index contributed by atoms with van der Waals surface area (Å²) in [6.45, 7) is 7.93. The summed E-state index contributed by atoms with van der Waals surface area (Å²) in [5, 5.41) is 0. The molecule has 0 amide bonds. The summed E-state index contributed by atoms with van der Waals surface area (Å²) in [6.07, 6.45) is 2.31. The van der Waals surface area contributed by atoms with Gasteiger partial charge in [-0.2, -0.15) is 0 Å². The molecule has 1 aliphatic heterocycles. The molecular formula is C13H20O2. The molecule has 0 aliphatic carbocycles. The van der Waals surface area contributed by atoms with E-state index in [0.717, 1.165) is 26.1 Å². The Morgan fingerprint density at radius 1 is 0.733 bits per heavy atom. The molecular weight excluding hydrogens is 188 g/mol. The Kier molecular flexibility index (Phi) is 5.37. The van der Waals surface area contributed by atoms with Crippen LogP contribution in [0.1, 0.15) is 29.5 Å². The van der Waals surface area contributed by atoms with Crippen molar-refractivity contribution in [2.45, 2.75) is 33.6 Å². The second-order valence-electron chi connectivity index (χ2n) is 4.02. The van der Waals surface area contributed by atoms with E-state index in [-0.39, 0.29) is 0 Å². The number of hydrogen-bond donors (Lipinski definition) is 0. The minimum Gasteiger partial charge on any atom is -0.237 e. The van der Waals surface area contributed by atoms with Gasteiger partial charge in [-0.05, 0) is 33.6 Å². The van der Waals surface area contributed by atoms with Gasteiger partial charge in [0.15, 0.2) is 0 Å². The third-order valence-electron chi connectivity index (χ3n) is 2.15. The molecule has 0 aromatic heterocycles. The van der Waals surface area contributed by atoms with Crippen LogP contribution in [0.25, 0.3) is 0 Å². The predicted octanol–water partition coefficient (Wildman–Crippen LogP) is 3.34. The Bertz CT molecular complexity index is 229. The Labute approximate surface area is 92.1 Å². The monoisotopic (exact) mass is 208 g/mol.